The lowest BCUT2D eigenvalue weighted by Gasteiger charge is -2.11. The van der Waals surface area contributed by atoms with E-state index in [-0.39, 0.29) is 17.5 Å². The van der Waals surface area contributed by atoms with E-state index in [0.29, 0.717) is 17.1 Å². The molecule has 3 N–H and O–H groups in total. The Balaban J connectivity index is 1.60. The van der Waals surface area contributed by atoms with E-state index in [1.54, 1.807) is 42.5 Å². The van der Waals surface area contributed by atoms with Crippen LogP contribution >= 0.6 is 11.6 Å². The number of para-hydroxylation sites is 1. The number of aromatic amines is 1. The largest absolute Gasteiger partial charge is 0.361 e. The standard InChI is InChI=1S/C25H20ClN3O2/c26-20-12-10-17(11-13-20)15-28-25(31)23(29-24(30)18-6-2-1-3-7-18)14-19-16-27-22-9-5-4-8-21(19)22/h1-14,16,27H,15H2,(H,28,31)(H,29,30)/b23-14-. The molecular formula is C25H20ClN3O2. The highest BCUT2D eigenvalue weighted by Gasteiger charge is 2.15. The van der Waals surface area contributed by atoms with Crippen molar-refractivity contribution in [2.24, 2.45) is 0 Å². The molecule has 0 bridgehead atoms. The molecule has 0 spiro atoms. The van der Waals surface area contributed by atoms with Crippen molar-refractivity contribution < 1.29 is 9.59 Å². The summed E-state index contributed by atoms with van der Waals surface area (Å²) in [6.07, 6.45) is 3.49. The van der Waals surface area contributed by atoms with E-state index in [1.165, 1.54) is 0 Å². The van der Waals surface area contributed by atoms with E-state index in [4.69, 9.17) is 11.6 Å². The summed E-state index contributed by atoms with van der Waals surface area (Å²) in [4.78, 5) is 28.9. The van der Waals surface area contributed by atoms with Crippen molar-refractivity contribution in [2.75, 3.05) is 0 Å². The number of hydrogen-bond donors (Lipinski definition) is 3. The molecule has 4 aromatic rings. The van der Waals surface area contributed by atoms with Crippen LogP contribution in [0.2, 0.25) is 5.02 Å². The fourth-order valence-corrected chi connectivity index (χ4v) is 3.32. The Hall–Kier alpha value is -3.83. The number of rotatable bonds is 6. The molecule has 5 nitrogen and oxygen atoms in total. The molecule has 0 aliphatic carbocycles. The van der Waals surface area contributed by atoms with Gasteiger partial charge in [0.2, 0.25) is 0 Å². The van der Waals surface area contributed by atoms with E-state index in [1.807, 2.05) is 48.7 Å². The fraction of sp³-hybridized carbons (Fsp3) is 0.0400. The van der Waals surface area contributed by atoms with E-state index >= 15 is 0 Å². The number of carbonyl (C=O) groups is 2. The number of H-pyrrole nitrogens is 1. The van der Waals surface area contributed by atoms with Gasteiger partial charge in [-0.3, -0.25) is 9.59 Å². The van der Waals surface area contributed by atoms with E-state index in [2.05, 4.69) is 15.6 Å². The summed E-state index contributed by atoms with van der Waals surface area (Å²) in [6.45, 7) is 0.308. The van der Waals surface area contributed by atoms with E-state index < -0.39 is 0 Å². The third-order valence-corrected chi connectivity index (χ3v) is 5.07. The van der Waals surface area contributed by atoms with Crippen LogP contribution in [0, 0.1) is 0 Å². The Morgan fingerprint density at radius 2 is 1.61 bits per heavy atom. The maximum Gasteiger partial charge on any atom is 0.268 e. The first kappa shape index (κ1) is 20.4. The molecule has 0 fully saturated rings. The number of halogens is 1. The van der Waals surface area contributed by atoms with Crippen molar-refractivity contribution in [2.45, 2.75) is 6.54 Å². The van der Waals surface area contributed by atoms with Gasteiger partial charge in [0.1, 0.15) is 5.70 Å². The van der Waals surface area contributed by atoms with Crippen LogP contribution in [0.5, 0.6) is 0 Å². The average molecular weight is 430 g/mol. The van der Waals surface area contributed by atoms with Crippen molar-refractivity contribution in [3.8, 4) is 0 Å². The number of amides is 2. The number of benzene rings is 3. The molecule has 0 saturated carbocycles. The van der Waals surface area contributed by atoms with Gasteiger partial charge in [0.25, 0.3) is 11.8 Å². The van der Waals surface area contributed by atoms with Crippen LogP contribution < -0.4 is 10.6 Å². The first-order valence-corrected chi connectivity index (χ1v) is 10.1. The summed E-state index contributed by atoms with van der Waals surface area (Å²) in [5.74, 6) is -0.738. The molecule has 0 atom stereocenters. The Morgan fingerprint density at radius 3 is 2.39 bits per heavy atom. The van der Waals surface area contributed by atoms with Crippen molar-refractivity contribution in [3.63, 3.8) is 0 Å². The summed E-state index contributed by atoms with van der Waals surface area (Å²) >= 11 is 5.92. The van der Waals surface area contributed by atoms with Crippen molar-refractivity contribution in [1.82, 2.24) is 15.6 Å². The molecule has 4 rings (SSSR count). The lowest BCUT2D eigenvalue weighted by atomic mass is 10.1. The second-order valence-electron chi connectivity index (χ2n) is 6.98. The van der Waals surface area contributed by atoms with Crippen molar-refractivity contribution in [1.29, 1.82) is 0 Å². The average Bonchev–Trinajstić information content (AvgIpc) is 3.21. The van der Waals surface area contributed by atoms with Gasteiger partial charge in [0.15, 0.2) is 0 Å². The van der Waals surface area contributed by atoms with Gasteiger partial charge in [-0.05, 0) is 42.0 Å². The van der Waals surface area contributed by atoms with Crippen molar-refractivity contribution >= 4 is 40.4 Å². The maximum atomic E-state index is 13.0. The van der Waals surface area contributed by atoms with Gasteiger partial charge in [0, 0.05) is 39.8 Å². The minimum absolute atomic E-state index is 0.160. The Bertz CT molecular complexity index is 1240. The highest BCUT2D eigenvalue weighted by molar-refractivity contribution is 6.30. The van der Waals surface area contributed by atoms with Gasteiger partial charge in [0.05, 0.1) is 0 Å². The van der Waals surface area contributed by atoms with Crippen LogP contribution in [0.15, 0.2) is 90.8 Å². The SMILES string of the molecule is O=C(NCc1ccc(Cl)cc1)/C(=C/c1c[nH]c2ccccc12)NC(=O)c1ccccc1. The highest BCUT2D eigenvalue weighted by atomic mass is 35.5. The molecule has 0 aliphatic rings. The summed E-state index contributed by atoms with van der Waals surface area (Å²) in [7, 11) is 0. The van der Waals surface area contributed by atoms with Crippen LogP contribution in [0.1, 0.15) is 21.5 Å². The summed E-state index contributed by atoms with van der Waals surface area (Å²) < 4.78 is 0. The molecule has 1 aromatic heterocycles. The lowest BCUT2D eigenvalue weighted by molar-refractivity contribution is -0.117. The molecule has 1 heterocycles. The molecule has 3 aromatic carbocycles. The number of carbonyl (C=O) groups excluding carboxylic acids is 2. The predicted octanol–water partition coefficient (Wildman–Crippen LogP) is 4.91. The zero-order chi connectivity index (χ0) is 21.6. The van der Waals surface area contributed by atoms with Crippen LogP contribution in [-0.4, -0.2) is 16.8 Å². The third kappa shape index (κ3) is 5.02. The van der Waals surface area contributed by atoms with Gasteiger partial charge >= 0.3 is 0 Å². The quantitative estimate of drug-likeness (QED) is 0.381. The van der Waals surface area contributed by atoms with Gasteiger partial charge in [-0.1, -0.05) is 60.1 Å². The molecule has 0 radical (unpaired) electrons. The topological polar surface area (TPSA) is 74.0 Å². The van der Waals surface area contributed by atoms with Gasteiger partial charge < -0.3 is 15.6 Å². The summed E-state index contributed by atoms with van der Waals surface area (Å²) in [6, 6.07) is 23.8. The number of fused-ring (bicyclic) bond motifs is 1. The predicted molar refractivity (Wildman–Crippen MR) is 123 cm³/mol. The molecule has 0 aliphatic heterocycles. The smallest absolute Gasteiger partial charge is 0.268 e. The molecule has 0 saturated heterocycles. The van der Waals surface area contributed by atoms with Gasteiger partial charge in [-0.2, -0.15) is 0 Å². The van der Waals surface area contributed by atoms with Gasteiger partial charge in [-0.25, -0.2) is 0 Å². The molecule has 154 valence electrons. The van der Waals surface area contributed by atoms with E-state index in [0.717, 1.165) is 22.0 Å². The first-order chi connectivity index (χ1) is 15.1. The number of nitrogens with one attached hydrogen (secondary N) is 3. The van der Waals surface area contributed by atoms with Gasteiger partial charge in [-0.15, -0.1) is 0 Å². The van der Waals surface area contributed by atoms with Crippen LogP contribution in [0.3, 0.4) is 0 Å². The second kappa shape index (κ2) is 9.32. The normalized spacial score (nSPS) is 11.3. The lowest BCUT2D eigenvalue weighted by Crippen LogP contribution is -2.34. The fourth-order valence-electron chi connectivity index (χ4n) is 3.19. The Kier molecular flexibility index (Phi) is 6.15. The third-order valence-electron chi connectivity index (χ3n) is 4.82. The minimum atomic E-state index is -0.385. The van der Waals surface area contributed by atoms with Crippen LogP contribution in [-0.2, 0) is 11.3 Å². The zero-order valence-corrected chi connectivity index (χ0v) is 17.3. The van der Waals surface area contributed by atoms with Crippen LogP contribution in [0.25, 0.3) is 17.0 Å². The monoisotopic (exact) mass is 429 g/mol. The van der Waals surface area contributed by atoms with E-state index in [9.17, 15) is 9.59 Å². The molecule has 31 heavy (non-hydrogen) atoms. The minimum Gasteiger partial charge on any atom is -0.361 e. The first-order valence-electron chi connectivity index (χ1n) is 9.77. The zero-order valence-electron chi connectivity index (χ0n) is 16.6. The Morgan fingerprint density at radius 1 is 0.903 bits per heavy atom. The van der Waals surface area contributed by atoms with Crippen LogP contribution in [0.4, 0.5) is 0 Å². The van der Waals surface area contributed by atoms with Crippen molar-refractivity contribution in [3.05, 3.63) is 112 Å². The molecule has 6 heteroatoms. The maximum absolute atomic E-state index is 13.0. The molecule has 2 amide bonds. The Labute approximate surface area is 184 Å². The summed E-state index contributed by atoms with van der Waals surface area (Å²) in [5, 5.41) is 7.20. The summed E-state index contributed by atoms with van der Waals surface area (Å²) in [5.41, 5.74) is 3.29. The molecule has 0 unspecified atom stereocenters. The number of hydrogen-bond acceptors (Lipinski definition) is 2. The molecular weight excluding hydrogens is 410 g/mol. The number of aromatic nitrogens is 1. The second-order valence-corrected chi connectivity index (χ2v) is 7.41. The highest BCUT2D eigenvalue weighted by Crippen LogP contribution is 2.20.